The standard InChI is InChI=1S/C10H9NO6/c12-7(6-1-3-11-4-2-6)5-10(17,8(13)14)9(15)16/h1-4,17H,5H2,(H,13,14)(H,15,16). The number of carbonyl (C=O) groups excluding carboxylic acids is 1. The Labute approximate surface area is 95.3 Å². The molecule has 7 heteroatoms. The van der Waals surface area contributed by atoms with Crippen LogP contribution in [0, 0.1) is 0 Å². The molecule has 0 saturated carbocycles. The summed E-state index contributed by atoms with van der Waals surface area (Å²) in [6.45, 7) is 0. The number of hydrogen-bond acceptors (Lipinski definition) is 5. The van der Waals surface area contributed by atoms with E-state index < -0.39 is 29.7 Å². The highest BCUT2D eigenvalue weighted by Crippen LogP contribution is 2.15. The molecular formula is C10H9NO6. The number of carboxylic acids is 2. The van der Waals surface area contributed by atoms with Gasteiger partial charge in [0.1, 0.15) is 0 Å². The first-order valence-corrected chi connectivity index (χ1v) is 4.50. The summed E-state index contributed by atoms with van der Waals surface area (Å²) in [5, 5.41) is 26.6. The molecule has 1 heterocycles. The fraction of sp³-hybridized carbons (Fsp3) is 0.200. The molecule has 0 fully saturated rings. The van der Waals surface area contributed by atoms with Crippen LogP contribution in [0.5, 0.6) is 0 Å². The lowest BCUT2D eigenvalue weighted by atomic mass is 9.94. The van der Waals surface area contributed by atoms with Crippen molar-refractivity contribution in [1.29, 1.82) is 0 Å². The van der Waals surface area contributed by atoms with Crippen LogP contribution < -0.4 is 0 Å². The Hall–Kier alpha value is -2.28. The van der Waals surface area contributed by atoms with E-state index in [0.29, 0.717) is 0 Å². The van der Waals surface area contributed by atoms with E-state index in [-0.39, 0.29) is 5.56 Å². The van der Waals surface area contributed by atoms with Crippen molar-refractivity contribution in [3.63, 3.8) is 0 Å². The average molecular weight is 239 g/mol. The van der Waals surface area contributed by atoms with Gasteiger partial charge in [-0.15, -0.1) is 0 Å². The van der Waals surface area contributed by atoms with Gasteiger partial charge in [-0.3, -0.25) is 9.78 Å². The molecule has 0 atom stereocenters. The molecule has 7 nitrogen and oxygen atoms in total. The van der Waals surface area contributed by atoms with Gasteiger partial charge in [-0.1, -0.05) is 0 Å². The molecule has 0 aliphatic carbocycles. The van der Waals surface area contributed by atoms with Crippen LogP contribution in [0.25, 0.3) is 0 Å². The highest BCUT2D eigenvalue weighted by molar-refractivity contribution is 6.08. The molecule has 0 amide bonds. The molecule has 0 aliphatic rings. The summed E-state index contributed by atoms with van der Waals surface area (Å²) in [6, 6.07) is 2.60. The van der Waals surface area contributed by atoms with E-state index in [1.54, 1.807) is 0 Å². The van der Waals surface area contributed by atoms with Crippen LogP contribution in [0.4, 0.5) is 0 Å². The van der Waals surface area contributed by atoms with Crippen molar-refractivity contribution in [2.75, 3.05) is 0 Å². The Bertz CT molecular complexity index is 441. The first kappa shape index (κ1) is 12.8. The normalized spacial score (nSPS) is 10.9. The third kappa shape index (κ3) is 2.64. The van der Waals surface area contributed by atoms with E-state index >= 15 is 0 Å². The molecule has 1 rings (SSSR count). The Morgan fingerprint density at radius 1 is 1.12 bits per heavy atom. The van der Waals surface area contributed by atoms with Gasteiger partial charge in [0.25, 0.3) is 5.60 Å². The summed E-state index contributed by atoms with van der Waals surface area (Å²) in [7, 11) is 0. The molecule has 0 bridgehead atoms. The summed E-state index contributed by atoms with van der Waals surface area (Å²) < 4.78 is 0. The summed E-state index contributed by atoms with van der Waals surface area (Å²) >= 11 is 0. The lowest BCUT2D eigenvalue weighted by molar-refractivity contribution is -0.175. The molecule has 3 N–H and O–H groups in total. The van der Waals surface area contributed by atoms with Gasteiger partial charge >= 0.3 is 11.9 Å². The number of aliphatic hydroxyl groups is 1. The Morgan fingerprint density at radius 2 is 1.59 bits per heavy atom. The van der Waals surface area contributed by atoms with E-state index in [0.717, 1.165) is 0 Å². The summed E-state index contributed by atoms with van der Waals surface area (Å²) in [6.07, 6.45) is 1.56. The number of aromatic nitrogens is 1. The van der Waals surface area contributed by atoms with Crippen LogP contribution in [0.3, 0.4) is 0 Å². The van der Waals surface area contributed by atoms with E-state index in [1.165, 1.54) is 24.5 Å². The number of aliphatic carboxylic acids is 2. The van der Waals surface area contributed by atoms with Crippen molar-refractivity contribution in [2.24, 2.45) is 0 Å². The number of rotatable bonds is 5. The summed E-state index contributed by atoms with van der Waals surface area (Å²) in [5.74, 6) is -4.75. The lowest BCUT2D eigenvalue weighted by Gasteiger charge is -2.16. The van der Waals surface area contributed by atoms with Gasteiger partial charge < -0.3 is 15.3 Å². The minimum absolute atomic E-state index is 0.0842. The van der Waals surface area contributed by atoms with E-state index in [4.69, 9.17) is 10.2 Å². The first-order chi connectivity index (χ1) is 7.88. The van der Waals surface area contributed by atoms with Gasteiger partial charge in [-0.05, 0) is 12.1 Å². The largest absolute Gasteiger partial charge is 0.479 e. The molecule has 0 saturated heterocycles. The zero-order valence-electron chi connectivity index (χ0n) is 8.53. The lowest BCUT2D eigenvalue weighted by Crippen LogP contribution is -2.48. The van der Waals surface area contributed by atoms with Crippen LogP contribution in [0.15, 0.2) is 24.5 Å². The van der Waals surface area contributed by atoms with Crippen molar-refractivity contribution in [3.8, 4) is 0 Å². The first-order valence-electron chi connectivity index (χ1n) is 4.50. The number of ketones is 1. The topological polar surface area (TPSA) is 125 Å². The van der Waals surface area contributed by atoms with Gasteiger partial charge in [-0.2, -0.15) is 0 Å². The van der Waals surface area contributed by atoms with E-state index in [1.807, 2.05) is 0 Å². The van der Waals surface area contributed by atoms with Crippen LogP contribution in [-0.2, 0) is 9.59 Å². The maximum absolute atomic E-state index is 11.6. The predicted octanol–water partition coefficient (Wildman–Crippen LogP) is -0.445. The number of carbonyl (C=O) groups is 3. The SMILES string of the molecule is O=C(CC(O)(C(=O)O)C(=O)O)c1ccncc1. The molecule has 90 valence electrons. The zero-order valence-corrected chi connectivity index (χ0v) is 8.53. The molecule has 0 spiro atoms. The average Bonchev–Trinajstić information content (AvgIpc) is 2.29. The third-order valence-corrected chi connectivity index (χ3v) is 2.13. The molecule has 0 radical (unpaired) electrons. The third-order valence-electron chi connectivity index (χ3n) is 2.13. The number of nitrogens with zero attached hydrogens (tertiary/aromatic N) is 1. The maximum Gasteiger partial charge on any atom is 0.348 e. The molecule has 0 aromatic carbocycles. The molecule has 0 unspecified atom stereocenters. The van der Waals surface area contributed by atoms with Gasteiger partial charge in [0.2, 0.25) is 0 Å². The second-order valence-electron chi connectivity index (χ2n) is 3.31. The highest BCUT2D eigenvalue weighted by Gasteiger charge is 2.46. The highest BCUT2D eigenvalue weighted by atomic mass is 16.4. The van der Waals surface area contributed by atoms with Crippen molar-refractivity contribution >= 4 is 17.7 Å². The number of hydrogen-bond donors (Lipinski definition) is 3. The number of carboxylic acid groups (broad SMARTS) is 2. The smallest absolute Gasteiger partial charge is 0.348 e. The Kier molecular flexibility index (Phi) is 3.54. The molecule has 1 aromatic rings. The van der Waals surface area contributed by atoms with E-state index in [2.05, 4.69) is 4.98 Å². The Morgan fingerprint density at radius 3 is 2.00 bits per heavy atom. The molecule has 0 aliphatic heterocycles. The predicted molar refractivity (Wildman–Crippen MR) is 53.4 cm³/mol. The van der Waals surface area contributed by atoms with Gasteiger partial charge in [0.15, 0.2) is 5.78 Å². The van der Waals surface area contributed by atoms with Crippen LogP contribution >= 0.6 is 0 Å². The quantitative estimate of drug-likeness (QED) is 0.469. The minimum Gasteiger partial charge on any atom is -0.479 e. The number of pyridine rings is 1. The molecule has 1 aromatic heterocycles. The molecular weight excluding hydrogens is 230 g/mol. The van der Waals surface area contributed by atoms with Crippen LogP contribution in [0.2, 0.25) is 0 Å². The maximum atomic E-state index is 11.6. The number of Topliss-reactive ketones (excluding diaryl/α,β-unsaturated/α-hetero) is 1. The fourth-order valence-corrected chi connectivity index (χ4v) is 1.11. The second-order valence-corrected chi connectivity index (χ2v) is 3.31. The van der Waals surface area contributed by atoms with E-state index in [9.17, 15) is 19.5 Å². The monoisotopic (exact) mass is 239 g/mol. The van der Waals surface area contributed by atoms with Gasteiger partial charge in [0, 0.05) is 18.0 Å². The van der Waals surface area contributed by atoms with Gasteiger partial charge in [-0.25, -0.2) is 9.59 Å². The molecule has 17 heavy (non-hydrogen) atoms. The zero-order chi connectivity index (χ0) is 13.1. The van der Waals surface area contributed by atoms with Crippen molar-refractivity contribution in [3.05, 3.63) is 30.1 Å². The minimum atomic E-state index is -3.11. The van der Waals surface area contributed by atoms with Crippen molar-refractivity contribution in [2.45, 2.75) is 12.0 Å². The van der Waals surface area contributed by atoms with Crippen molar-refractivity contribution < 1.29 is 29.7 Å². The second kappa shape index (κ2) is 4.71. The summed E-state index contributed by atoms with van der Waals surface area (Å²) in [5.41, 5.74) is -3.03. The van der Waals surface area contributed by atoms with Crippen molar-refractivity contribution in [1.82, 2.24) is 4.98 Å². The van der Waals surface area contributed by atoms with Crippen LogP contribution in [0.1, 0.15) is 16.8 Å². The van der Waals surface area contributed by atoms with Crippen LogP contribution in [-0.4, -0.2) is 43.6 Å². The van der Waals surface area contributed by atoms with Gasteiger partial charge in [0.05, 0.1) is 6.42 Å². The fourth-order valence-electron chi connectivity index (χ4n) is 1.11. The summed E-state index contributed by atoms with van der Waals surface area (Å²) in [4.78, 5) is 36.5. The Balaban J connectivity index is 2.94.